The Bertz CT molecular complexity index is 1190. The lowest BCUT2D eigenvalue weighted by atomic mass is 9.44. The van der Waals surface area contributed by atoms with Crippen molar-refractivity contribution < 1.29 is 24.6 Å². The zero-order valence-corrected chi connectivity index (χ0v) is 31.4. The number of hydrogen-bond acceptors (Lipinski definition) is 6. The van der Waals surface area contributed by atoms with Crippen LogP contribution >= 0.6 is 0 Å². The Labute approximate surface area is 296 Å². The third kappa shape index (κ3) is 7.20. The van der Waals surface area contributed by atoms with Crippen LogP contribution in [0.15, 0.2) is 0 Å². The maximum atomic E-state index is 14.0. The molecule has 6 aliphatic rings. The van der Waals surface area contributed by atoms with Crippen molar-refractivity contribution in [1.29, 1.82) is 0 Å². The third-order valence-electron chi connectivity index (χ3n) is 14.9. The highest BCUT2D eigenvalue weighted by Crippen LogP contribution is 2.66. The van der Waals surface area contributed by atoms with Gasteiger partial charge in [-0.2, -0.15) is 0 Å². The molecule has 0 aromatic carbocycles. The third-order valence-corrected chi connectivity index (χ3v) is 14.9. The van der Waals surface area contributed by atoms with E-state index in [2.05, 4.69) is 44.8 Å². The second kappa shape index (κ2) is 15.1. The number of carbonyl (C=O) groups is 3. The first-order chi connectivity index (χ1) is 23.4. The Morgan fingerprint density at radius 2 is 1.61 bits per heavy atom. The van der Waals surface area contributed by atoms with Crippen molar-refractivity contribution in [2.75, 3.05) is 32.7 Å². The van der Waals surface area contributed by atoms with E-state index < -0.39 is 12.1 Å². The molecule has 278 valence electrons. The number of unbranched alkanes of at least 4 members (excludes halogenated alkanes) is 2. The summed E-state index contributed by atoms with van der Waals surface area (Å²) >= 11 is 0. The van der Waals surface area contributed by atoms with Gasteiger partial charge >= 0.3 is 0 Å². The quantitative estimate of drug-likeness (QED) is 0.280. The van der Waals surface area contributed by atoms with Gasteiger partial charge in [-0.3, -0.25) is 19.3 Å². The van der Waals surface area contributed by atoms with E-state index >= 15 is 0 Å². The van der Waals surface area contributed by atoms with Crippen LogP contribution in [0.4, 0.5) is 0 Å². The highest BCUT2D eigenvalue weighted by atomic mass is 16.3. The standard InChI is InChI=1S/C40H68N4O5/c1-6-7-8-11-36(47)41-31(23-26(2)3)37(48)44-18-9-10-32(44)38(49)43-21-19-42(20-22-43)33-25-40(5)27(24-34(33)45)12-13-28-29-14-15-35(46)39(29,4)17-16-30(28)40/h26-35,45-46H,6-25H2,1-5H3,(H,41,47)/t27-,28-,29-,30-,31-,32-,33-,34-,35-,39-,40-/m0/s1. The van der Waals surface area contributed by atoms with Crippen molar-refractivity contribution in [2.24, 2.45) is 40.4 Å². The van der Waals surface area contributed by atoms with Gasteiger partial charge < -0.3 is 25.3 Å². The summed E-state index contributed by atoms with van der Waals surface area (Å²) in [7, 11) is 0. The maximum absolute atomic E-state index is 14.0. The molecule has 6 rings (SSSR count). The monoisotopic (exact) mass is 685 g/mol. The van der Waals surface area contributed by atoms with E-state index in [1.807, 2.05) is 4.90 Å². The largest absolute Gasteiger partial charge is 0.393 e. The van der Waals surface area contributed by atoms with E-state index in [9.17, 15) is 24.6 Å². The van der Waals surface area contributed by atoms with Gasteiger partial charge in [0.15, 0.2) is 0 Å². The average molecular weight is 685 g/mol. The van der Waals surface area contributed by atoms with Crippen LogP contribution in [-0.2, 0) is 14.4 Å². The van der Waals surface area contributed by atoms with Crippen LogP contribution in [-0.4, -0.2) is 106 Å². The Hall–Kier alpha value is -1.71. The van der Waals surface area contributed by atoms with Crippen LogP contribution in [0.2, 0.25) is 0 Å². The van der Waals surface area contributed by atoms with Gasteiger partial charge in [0.1, 0.15) is 12.1 Å². The first-order valence-corrected chi connectivity index (χ1v) is 20.4. The van der Waals surface area contributed by atoms with E-state index in [0.29, 0.717) is 62.6 Å². The van der Waals surface area contributed by atoms with Crippen LogP contribution < -0.4 is 5.32 Å². The molecule has 0 unspecified atom stereocenters. The molecule has 2 heterocycles. The lowest BCUT2D eigenvalue weighted by Gasteiger charge is -2.62. The molecule has 6 fully saturated rings. The van der Waals surface area contributed by atoms with Gasteiger partial charge in [0.25, 0.3) is 0 Å². The number of likely N-dealkylation sites (tertiary alicyclic amines) is 1. The van der Waals surface area contributed by atoms with Crippen molar-refractivity contribution in [3.63, 3.8) is 0 Å². The number of hydrogen-bond donors (Lipinski definition) is 3. The minimum Gasteiger partial charge on any atom is -0.393 e. The van der Waals surface area contributed by atoms with Gasteiger partial charge in [-0.15, -0.1) is 0 Å². The van der Waals surface area contributed by atoms with Gasteiger partial charge in [0.05, 0.1) is 12.2 Å². The summed E-state index contributed by atoms with van der Waals surface area (Å²) in [4.78, 5) is 46.8. The number of rotatable bonds is 10. The normalized spacial score (nSPS) is 40.1. The predicted octanol–water partition coefficient (Wildman–Crippen LogP) is 4.98. The zero-order chi connectivity index (χ0) is 35.1. The Morgan fingerprint density at radius 3 is 2.33 bits per heavy atom. The van der Waals surface area contributed by atoms with Gasteiger partial charge in [-0.1, -0.05) is 47.5 Å². The molecular weight excluding hydrogens is 616 g/mol. The van der Waals surface area contributed by atoms with Crippen LogP contribution in [0.1, 0.15) is 131 Å². The number of aliphatic hydroxyl groups is 2. The summed E-state index contributed by atoms with van der Waals surface area (Å²) in [6.45, 7) is 14.4. The van der Waals surface area contributed by atoms with Crippen molar-refractivity contribution >= 4 is 17.7 Å². The molecule has 0 radical (unpaired) electrons. The van der Waals surface area contributed by atoms with E-state index in [4.69, 9.17) is 0 Å². The average Bonchev–Trinajstić information content (AvgIpc) is 3.68. The highest BCUT2D eigenvalue weighted by Gasteiger charge is 2.61. The molecule has 3 N–H and O–H groups in total. The van der Waals surface area contributed by atoms with Crippen LogP contribution in [0.3, 0.4) is 0 Å². The summed E-state index contributed by atoms with van der Waals surface area (Å²) < 4.78 is 0. The molecule has 4 aliphatic carbocycles. The van der Waals surface area contributed by atoms with Crippen LogP contribution in [0.25, 0.3) is 0 Å². The lowest BCUT2D eigenvalue weighted by Crippen LogP contribution is -2.63. The first-order valence-electron chi connectivity index (χ1n) is 20.4. The van der Waals surface area contributed by atoms with Crippen LogP contribution in [0, 0.1) is 40.4 Å². The predicted molar refractivity (Wildman–Crippen MR) is 191 cm³/mol. The van der Waals surface area contributed by atoms with E-state index in [-0.39, 0.29) is 52.7 Å². The van der Waals surface area contributed by atoms with Crippen molar-refractivity contribution in [1.82, 2.24) is 20.0 Å². The Balaban J connectivity index is 1.06. The molecule has 0 aromatic heterocycles. The number of piperazine rings is 1. The smallest absolute Gasteiger partial charge is 0.245 e. The molecule has 9 heteroatoms. The number of aliphatic hydroxyl groups excluding tert-OH is 2. The molecule has 4 saturated carbocycles. The lowest BCUT2D eigenvalue weighted by molar-refractivity contribution is -0.158. The van der Waals surface area contributed by atoms with E-state index in [0.717, 1.165) is 70.9 Å². The fourth-order valence-electron chi connectivity index (χ4n) is 12.1. The molecule has 49 heavy (non-hydrogen) atoms. The highest BCUT2D eigenvalue weighted by molar-refractivity contribution is 5.92. The number of nitrogens with zero attached hydrogens (tertiary/aromatic N) is 3. The summed E-state index contributed by atoms with van der Waals surface area (Å²) in [6.07, 6.45) is 13.6. The molecule has 3 amide bonds. The number of fused-ring (bicyclic) bond motifs is 5. The van der Waals surface area contributed by atoms with Crippen molar-refractivity contribution in [3.05, 3.63) is 0 Å². The molecule has 0 spiro atoms. The summed E-state index contributed by atoms with van der Waals surface area (Å²) in [5.74, 6) is 2.65. The molecule has 0 bridgehead atoms. The van der Waals surface area contributed by atoms with Crippen molar-refractivity contribution in [3.8, 4) is 0 Å². The fourth-order valence-corrected chi connectivity index (χ4v) is 12.1. The van der Waals surface area contributed by atoms with Gasteiger partial charge in [-0.05, 0) is 117 Å². The van der Waals surface area contributed by atoms with Crippen molar-refractivity contribution in [2.45, 2.75) is 161 Å². The van der Waals surface area contributed by atoms with Gasteiger partial charge in [0, 0.05) is 45.2 Å². The minimum absolute atomic E-state index is 0.0402. The molecule has 9 nitrogen and oxygen atoms in total. The Kier molecular flexibility index (Phi) is 11.4. The first kappa shape index (κ1) is 37.1. The zero-order valence-electron chi connectivity index (χ0n) is 31.4. The van der Waals surface area contributed by atoms with Gasteiger partial charge in [0.2, 0.25) is 17.7 Å². The maximum Gasteiger partial charge on any atom is 0.245 e. The molecule has 0 aromatic rings. The summed E-state index contributed by atoms with van der Waals surface area (Å²) in [5, 5.41) is 25.5. The number of carbonyl (C=O) groups excluding carboxylic acids is 3. The summed E-state index contributed by atoms with van der Waals surface area (Å²) in [5.41, 5.74) is 0.287. The molecule has 11 atom stereocenters. The Morgan fingerprint density at radius 1 is 0.878 bits per heavy atom. The second-order valence-corrected chi connectivity index (χ2v) is 18.1. The molecule has 2 saturated heterocycles. The molecule has 2 aliphatic heterocycles. The minimum atomic E-state index is -0.589. The number of nitrogens with one attached hydrogen (secondary N) is 1. The molecular formula is C40H68N4O5. The van der Waals surface area contributed by atoms with E-state index in [1.54, 1.807) is 4.90 Å². The topological polar surface area (TPSA) is 113 Å². The van der Waals surface area contributed by atoms with Gasteiger partial charge in [-0.25, -0.2) is 0 Å². The summed E-state index contributed by atoms with van der Waals surface area (Å²) in [6, 6.07) is -0.939. The fraction of sp³-hybridized carbons (Fsp3) is 0.925. The van der Waals surface area contributed by atoms with E-state index in [1.165, 1.54) is 19.3 Å². The SMILES string of the molecule is CCCCCC(=O)N[C@@H](CC(C)C)C(=O)N1CCC[C@H]1C(=O)N1CCN([C@H]2C[C@@]3(C)[C@@H](CC[C@@H]4[C@@H]3CC[C@]3(C)[C@@H](O)CC[C@@H]43)C[C@@H]2O)CC1. The van der Waals surface area contributed by atoms with Crippen LogP contribution in [0.5, 0.6) is 0 Å². The second-order valence-electron chi connectivity index (χ2n) is 18.1. The number of amides is 3.